The third-order valence-corrected chi connectivity index (χ3v) is 4.73. The van der Waals surface area contributed by atoms with Crippen molar-refractivity contribution in [1.29, 1.82) is 0 Å². The van der Waals surface area contributed by atoms with Crippen LogP contribution in [0.2, 0.25) is 0 Å². The largest absolute Gasteiger partial charge is 0.469 e. The Morgan fingerprint density at radius 2 is 1.93 bits per heavy atom. The van der Waals surface area contributed by atoms with Crippen molar-refractivity contribution in [2.75, 3.05) is 59.8 Å². The third kappa shape index (κ3) is 5.33. The molecule has 0 atom stereocenters. The number of nitrogens with zero attached hydrogens (tertiary/aromatic N) is 2. The lowest BCUT2D eigenvalue weighted by molar-refractivity contribution is -0.140. The van der Waals surface area contributed by atoms with Gasteiger partial charge in [-0.2, -0.15) is 0 Å². The Kier molecular flexibility index (Phi) is 6.89. The van der Waals surface area contributed by atoms with Crippen LogP contribution in [0.3, 0.4) is 0 Å². The number of ether oxygens (including phenoxy) is 4. The first-order valence-electron chi connectivity index (χ1n) is 9.23. The van der Waals surface area contributed by atoms with Gasteiger partial charge < -0.3 is 23.8 Å². The lowest BCUT2D eigenvalue weighted by atomic mass is 10.1. The van der Waals surface area contributed by atoms with Gasteiger partial charge in [0.05, 0.1) is 26.7 Å². The Morgan fingerprint density at radius 1 is 1.15 bits per heavy atom. The second kappa shape index (κ2) is 9.57. The van der Waals surface area contributed by atoms with E-state index in [-0.39, 0.29) is 25.1 Å². The van der Waals surface area contributed by atoms with Crippen LogP contribution in [0.5, 0.6) is 11.5 Å². The summed E-state index contributed by atoms with van der Waals surface area (Å²) in [6, 6.07) is 5.16. The van der Waals surface area contributed by atoms with Gasteiger partial charge in [0.25, 0.3) is 5.91 Å². The first kappa shape index (κ1) is 19.4. The summed E-state index contributed by atoms with van der Waals surface area (Å²) in [5, 5.41) is 0. The molecule has 0 aliphatic carbocycles. The third-order valence-electron chi connectivity index (χ3n) is 4.73. The molecule has 0 aromatic heterocycles. The molecule has 27 heavy (non-hydrogen) atoms. The predicted octanol–water partition coefficient (Wildman–Crippen LogP) is 1.14. The van der Waals surface area contributed by atoms with Gasteiger partial charge in [-0.05, 0) is 24.6 Å². The van der Waals surface area contributed by atoms with Crippen molar-refractivity contribution in [3.05, 3.63) is 23.8 Å². The van der Waals surface area contributed by atoms with E-state index in [9.17, 15) is 9.59 Å². The molecule has 0 saturated carbocycles. The number of carbonyl (C=O) groups excluding carboxylic acids is 2. The number of morpholine rings is 1. The van der Waals surface area contributed by atoms with Gasteiger partial charge in [-0.1, -0.05) is 0 Å². The van der Waals surface area contributed by atoms with E-state index in [0.29, 0.717) is 30.2 Å². The van der Waals surface area contributed by atoms with E-state index in [0.717, 1.165) is 39.3 Å². The van der Waals surface area contributed by atoms with Crippen molar-refractivity contribution in [3.63, 3.8) is 0 Å². The topological polar surface area (TPSA) is 77.5 Å². The van der Waals surface area contributed by atoms with Crippen LogP contribution >= 0.6 is 0 Å². The average molecular weight is 378 g/mol. The zero-order valence-corrected chi connectivity index (χ0v) is 15.6. The lowest BCUT2D eigenvalue weighted by Gasteiger charge is -2.28. The highest BCUT2D eigenvalue weighted by molar-refractivity contribution is 5.95. The van der Waals surface area contributed by atoms with E-state index in [1.54, 1.807) is 23.1 Å². The molecule has 8 heteroatoms. The number of methoxy groups -OCH3 is 1. The number of hydrogen-bond acceptors (Lipinski definition) is 7. The molecular weight excluding hydrogens is 352 g/mol. The Hall–Kier alpha value is -2.32. The smallest absolute Gasteiger partial charge is 0.307 e. The standard InChI is InChI=1S/C19H26N2O6/c1-24-18(22)5-8-21(7-2-6-20-9-11-25-12-10-20)19(23)15-3-4-16-17(13-15)27-14-26-16/h3-4,13H,2,5-12,14H2,1H3. The molecule has 0 radical (unpaired) electrons. The van der Waals surface area contributed by atoms with Gasteiger partial charge in [-0.3, -0.25) is 14.5 Å². The van der Waals surface area contributed by atoms with E-state index >= 15 is 0 Å². The van der Waals surface area contributed by atoms with Crippen LogP contribution in [-0.2, 0) is 14.3 Å². The highest BCUT2D eigenvalue weighted by atomic mass is 16.7. The van der Waals surface area contributed by atoms with Crippen LogP contribution in [0.1, 0.15) is 23.2 Å². The highest BCUT2D eigenvalue weighted by Crippen LogP contribution is 2.32. The Morgan fingerprint density at radius 3 is 2.70 bits per heavy atom. The molecule has 148 valence electrons. The van der Waals surface area contributed by atoms with E-state index in [1.807, 2.05) is 0 Å². The fraction of sp³-hybridized carbons (Fsp3) is 0.579. The summed E-state index contributed by atoms with van der Waals surface area (Å²) in [7, 11) is 1.35. The number of fused-ring (bicyclic) bond motifs is 1. The maximum absolute atomic E-state index is 13.0. The van der Waals surface area contributed by atoms with Crippen LogP contribution in [0.15, 0.2) is 18.2 Å². The van der Waals surface area contributed by atoms with E-state index in [1.165, 1.54) is 7.11 Å². The predicted molar refractivity (Wildman–Crippen MR) is 97.0 cm³/mol. The summed E-state index contributed by atoms with van der Waals surface area (Å²) in [5.74, 6) is 0.757. The maximum Gasteiger partial charge on any atom is 0.307 e. The van der Waals surface area contributed by atoms with Gasteiger partial charge in [-0.15, -0.1) is 0 Å². The van der Waals surface area contributed by atoms with Gasteiger partial charge in [0.1, 0.15) is 0 Å². The molecule has 8 nitrogen and oxygen atoms in total. The van der Waals surface area contributed by atoms with Gasteiger partial charge in [0.2, 0.25) is 6.79 Å². The highest BCUT2D eigenvalue weighted by Gasteiger charge is 2.21. The van der Waals surface area contributed by atoms with Crippen LogP contribution in [0, 0.1) is 0 Å². The van der Waals surface area contributed by atoms with Crippen LogP contribution in [-0.4, -0.2) is 81.5 Å². The number of amides is 1. The Bertz CT molecular complexity index is 660. The summed E-state index contributed by atoms with van der Waals surface area (Å²) < 4.78 is 20.7. The van der Waals surface area contributed by atoms with E-state index in [4.69, 9.17) is 18.9 Å². The maximum atomic E-state index is 13.0. The number of benzene rings is 1. The zero-order valence-electron chi connectivity index (χ0n) is 15.6. The molecule has 0 spiro atoms. The summed E-state index contributed by atoms with van der Waals surface area (Å²) in [6.45, 7) is 5.29. The molecule has 2 aliphatic heterocycles. The van der Waals surface area contributed by atoms with E-state index < -0.39 is 0 Å². The molecule has 2 heterocycles. The fourth-order valence-electron chi connectivity index (χ4n) is 3.17. The summed E-state index contributed by atoms with van der Waals surface area (Å²) in [4.78, 5) is 28.5. The molecule has 1 amide bonds. The minimum Gasteiger partial charge on any atom is -0.469 e. The molecule has 1 saturated heterocycles. The summed E-state index contributed by atoms with van der Waals surface area (Å²) in [5.41, 5.74) is 0.524. The second-order valence-electron chi connectivity index (χ2n) is 6.49. The van der Waals surface area contributed by atoms with Crippen LogP contribution in [0.4, 0.5) is 0 Å². The van der Waals surface area contributed by atoms with Crippen LogP contribution in [0.25, 0.3) is 0 Å². The summed E-state index contributed by atoms with van der Waals surface area (Å²) in [6.07, 6.45) is 1.00. The van der Waals surface area contributed by atoms with Crippen molar-refractivity contribution in [2.45, 2.75) is 12.8 Å². The summed E-state index contributed by atoms with van der Waals surface area (Å²) >= 11 is 0. The zero-order chi connectivity index (χ0) is 19.1. The fourth-order valence-corrected chi connectivity index (χ4v) is 3.17. The van der Waals surface area contributed by atoms with E-state index in [2.05, 4.69) is 4.90 Å². The van der Waals surface area contributed by atoms with Crippen molar-refractivity contribution in [1.82, 2.24) is 9.80 Å². The number of rotatable bonds is 8. The SMILES string of the molecule is COC(=O)CCN(CCCN1CCOCC1)C(=O)c1ccc2c(c1)OCO2. The minimum atomic E-state index is -0.327. The molecule has 0 unspecified atom stereocenters. The number of carbonyl (C=O) groups is 2. The first-order chi connectivity index (χ1) is 13.2. The van der Waals surface area contributed by atoms with Crippen molar-refractivity contribution < 1.29 is 28.5 Å². The van der Waals surface area contributed by atoms with Gasteiger partial charge in [0.15, 0.2) is 11.5 Å². The second-order valence-corrected chi connectivity index (χ2v) is 6.49. The van der Waals surface area contributed by atoms with Crippen molar-refractivity contribution in [3.8, 4) is 11.5 Å². The van der Waals surface area contributed by atoms with Crippen molar-refractivity contribution >= 4 is 11.9 Å². The minimum absolute atomic E-state index is 0.126. The first-order valence-corrected chi connectivity index (χ1v) is 9.23. The average Bonchev–Trinajstić information content (AvgIpc) is 3.18. The van der Waals surface area contributed by atoms with Gasteiger partial charge in [-0.25, -0.2) is 0 Å². The molecule has 1 fully saturated rings. The molecule has 0 N–H and O–H groups in total. The Labute approximate surface area is 158 Å². The van der Waals surface area contributed by atoms with Crippen LogP contribution < -0.4 is 9.47 Å². The quantitative estimate of drug-likeness (QED) is 0.628. The molecule has 3 rings (SSSR count). The van der Waals surface area contributed by atoms with Gasteiger partial charge in [0, 0.05) is 38.3 Å². The monoisotopic (exact) mass is 378 g/mol. The normalized spacial score (nSPS) is 16.2. The number of esters is 1. The molecule has 1 aromatic rings. The van der Waals surface area contributed by atoms with Gasteiger partial charge >= 0.3 is 5.97 Å². The molecule has 1 aromatic carbocycles. The van der Waals surface area contributed by atoms with Crippen molar-refractivity contribution in [2.24, 2.45) is 0 Å². The number of hydrogen-bond donors (Lipinski definition) is 0. The molecule has 2 aliphatic rings. The molecular formula is C19H26N2O6. The lowest BCUT2D eigenvalue weighted by Crippen LogP contribution is -2.39. The Balaban J connectivity index is 1.60. The molecule has 0 bridgehead atoms.